The fourth-order valence-corrected chi connectivity index (χ4v) is 3.71. The number of hydrogen-bond acceptors (Lipinski definition) is 3. The lowest BCUT2D eigenvalue weighted by molar-refractivity contribution is 0.346. The average molecular weight is 275 g/mol. The topological polar surface area (TPSA) is 63.4 Å². The molecule has 1 saturated heterocycles. The van der Waals surface area contributed by atoms with Crippen LogP contribution in [0.3, 0.4) is 0 Å². The number of anilines is 1. The van der Waals surface area contributed by atoms with Crippen molar-refractivity contribution in [2.24, 2.45) is 0 Å². The van der Waals surface area contributed by atoms with Crippen molar-refractivity contribution in [2.75, 3.05) is 18.8 Å². The summed E-state index contributed by atoms with van der Waals surface area (Å²) in [4.78, 5) is 0.221. The molecule has 0 bridgehead atoms. The Labute approximate surface area is 106 Å². The molecule has 0 spiro atoms. The molecule has 1 aromatic rings. The van der Waals surface area contributed by atoms with Crippen LogP contribution in [-0.2, 0) is 10.0 Å². The Morgan fingerprint density at radius 3 is 2.41 bits per heavy atom. The molecule has 6 heteroatoms. The van der Waals surface area contributed by atoms with Crippen molar-refractivity contribution in [1.29, 1.82) is 0 Å². The van der Waals surface area contributed by atoms with Gasteiger partial charge in [0.2, 0.25) is 10.0 Å². The average Bonchev–Trinajstić information content (AvgIpc) is 2.33. The van der Waals surface area contributed by atoms with Gasteiger partial charge < -0.3 is 5.73 Å². The molecule has 1 aliphatic heterocycles. The number of rotatable bonds is 2. The zero-order chi connectivity index (χ0) is 12.5. The van der Waals surface area contributed by atoms with Crippen LogP contribution in [0.1, 0.15) is 19.3 Å². The van der Waals surface area contributed by atoms with Gasteiger partial charge in [0.25, 0.3) is 0 Å². The van der Waals surface area contributed by atoms with Gasteiger partial charge in [-0.2, -0.15) is 4.31 Å². The van der Waals surface area contributed by atoms with Crippen LogP contribution < -0.4 is 5.73 Å². The van der Waals surface area contributed by atoms with E-state index in [-0.39, 0.29) is 9.92 Å². The largest absolute Gasteiger partial charge is 0.398 e. The van der Waals surface area contributed by atoms with Crippen molar-refractivity contribution in [1.82, 2.24) is 4.31 Å². The first-order valence-electron chi connectivity index (χ1n) is 5.57. The summed E-state index contributed by atoms with van der Waals surface area (Å²) >= 11 is 5.85. The van der Waals surface area contributed by atoms with Gasteiger partial charge in [-0.25, -0.2) is 8.42 Å². The van der Waals surface area contributed by atoms with Gasteiger partial charge in [0.15, 0.2) is 0 Å². The number of hydrogen-bond donors (Lipinski definition) is 1. The van der Waals surface area contributed by atoms with E-state index in [9.17, 15) is 8.42 Å². The molecule has 0 unspecified atom stereocenters. The standard InChI is InChI=1S/C11H15ClN2O2S/c12-10-8-9(4-5-11(10)13)17(15,16)14-6-2-1-3-7-14/h4-5,8H,1-3,6-7,13H2. The molecule has 4 nitrogen and oxygen atoms in total. The number of halogens is 1. The van der Waals surface area contributed by atoms with Crippen molar-refractivity contribution in [2.45, 2.75) is 24.2 Å². The molecule has 94 valence electrons. The van der Waals surface area contributed by atoms with Crippen molar-refractivity contribution in [3.63, 3.8) is 0 Å². The minimum Gasteiger partial charge on any atom is -0.398 e. The van der Waals surface area contributed by atoms with Gasteiger partial charge in [0.1, 0.15) is 0 Å². The van der Waals surface area contributed by atoms with Gasteiger partial charge >= 0.3 is 0 Å². The second-order valence-electron chi connectivity index (χ2n) is 4.15. The van der Waals surface area contributed by atoms with E-state index in [0.717, 1.165) is 19.3 Å². The fourth-order valence-electron chi connectivity index (χ4n) is 1.92. The highest BCUT2D eigenvalue weighted by atomic mass is 35.5. The summed E-state index contributed by atoms with van der Waals surface area (Å²) in [6.07, 6.45) is 2.93. The normalized spacial score (nSPS) is 18.2. The first-order chi connectivity index (χ1) is 8.01. The first kappa shape index (κ1) is 12.7. The maximum Gasteiger partial charge on any atom is 0.243 e. The molecule has 0 saturated carbocycles. The van der Waals surface area contributed by atoms with E-state index in [2.05, 4.69) is 0 Å². The summed E-state index contributed by atoms with van der Waals surface area (Å²) in [5.41, 5.74) is 5.96. The quantitative estimate of drug-likeness (QED) is 0.840. The molecule has 1 fully saturated rings. The summed E-state index contributed by atoms with van der Waals surface area (Å²) in [6, 6.07) is 4.45. The first-order valence-corrected chi connectivity index (χ1v) is 7.39. The summed E-state index contributed by atoms with van der Waals surface area (Å²) in [7, 11) is -3.41. The molecule has 1 heterocycles. The number of nitrogens with two attached hydrogens (primary N) is 1. The Morgan fingerprint density at radius 1 is 1.18 bits per heavy atom. The molecule has 0 radical (unpaired) electrons. The molecule has 0 amide bonds. The van der Waals surface area contributed by atoms with E-state index in [1.165, 1.54) is 22.5 Å². The van der Waals surface area contributed by atoms with Crippen LogP contribution in [0.4, 0.5) is 5.69 Å². The van der Waals surface area contributed by atoms with Crippen molar-refractivity contribution >= 4 is 27.3 Å². The zero-order valence-corrected chi connectivity index (χ0v) is 11.0. The molecular formula is C11H15ClN2O2S. The minimum absolute atomic E-state index is 0.221. The highest BCUT2D eigenvalue weighted by molar-refractivity contribution is 7.89. The second kappa shape index (κ2) is 4.84. The molecule has 0 aliphatic carbocycles. The molecule has 17 heavy (non-hydrogen) atoms. The third kappa shape index (κ3) is 2.56. The van der Waals surface area contributed by atoms with Gasteiger partial charge in [-0.15, -0.1) is 0 Å². The van der Waals surface area contributed by atoms with Crippen LogP contribution >= 0.6 is 11.6 Å². The molecule has 0 atom stereocenters. The Balaban J connectivity index is 2.33. The summed E-state index contributed by atoms with van der Waals surface area (Å²) in [5.74, 6) is 0. The van der Waals surface area contributed by atoms with Crippen LogP contribution in [0.2, 0.25) is 5.02 Å². The van der Waals surface area contributed by atoms with Crippen LogP contribution in [0, 0.1) is 0 Å². The van der Waals surface area contributed by atoms with Crippen molar-refractivity contribution in [3.8, 4) is 0 Å². The Hall–Kier alpha value is -0.780. The number of piperidine rings is 1. The molecule has 1 aliphatic rings. The van der Waals surface area contributed by atoms with Gasteiger partial charge in [0.05, 0.1) is 15.6 Å². The van der Waals surface area contributed by atoms with Crippen LogP contribution in [-0.4, -0.2) is 25.8 Å². The zero-order valence-electron chi connectivity index (χ0n) is 9.39. The van der Waals surface area contributed by atoms with E-state index in [4.69, 9.17) is 17.3 Å². The minimum atomic E-state index is -3.41. The summed E-state index contributed by atoms with van der Waals surface area (Å²) < 4.78 is 26.1. The second-order valence-corrected chi connectivity index (χ2v) is 6.49. The molecule has 2 N–H and O–H groups in total. The number of sulfonamides is 1. The predicted molar refractivity (Wildman–Crippen MR) is 68.5 cm³/mol. The van der Waals surface area contributed by atoms with E-state index >= 15 is 0 Å². The maximum absolute atomic E-state index is 12.3. The number of nitrogens with zero attached hydrogens (tertiary/aromatic N) is 1. The smallest absolute Gasteiger partial charge is 0.243 e. The third-order valence-corrected chi connectivity index (χ3v) is 5.15. The Morgan fingerprint density at radius 2 is 1.82 bits per heavy atom. The monoisotopic (exact) mass is 274 g/mol. The van der Waals surface area contributed by atoms with Gasteiger partial charge in [-0.3, -0.25) is 0 Å². The number of benzene rings is 1. The molecule has 1 aromatic carbocycles. The lowest BCUT2D eigenvalue weighted by Crippen LogP contribution is -2.35. The summed E-state index contributed by atoms with van der Waals surface area (Å²) in [6.45, 7) is 1.18. The van der Waals surface area contributed by atoms with E-state index in [0.29, 0.717) is 18.8 Å². The Kier molecular flexibility index (Phi) is 3.61. The predicted octanol–water partition coefficient (Wildman–Crippen LogP) is 2.10. The fraction of sp³-hybridized carbons (Fsp3) is 0.455. The molecule has 2 rings (SSSR count). The van der Waals surface area contributed by atoms with Crippen LogP contribution in [0.25, 0.3) is 0 Å². The van der Waals surface area contributed by atoms with E-state index < -0.39 is 10.0 Å². The maximum atomic E-state index is 12.3. The summed E-state index contributed by atoms with van der Waals surface area (Å²) in [5, 5.41) is 0.281. The lowest BCUT2D eigenvalue weighted by atomic mass is 10.2. The van der Waals surface area contributed by atoms with Gasteiger partial charge in [0, 0.05) is 13.1 Å². The van der Waals surface area contributed by atoms with Crippen LogP contribution in [0.15, 0.2) is 23.1 Å². The van der Waals surface area contributed by atoms with E-state index in [1.54, 1.807) is 0 Å². The third-order valence-electron chi connectivity index (χ3n) is 2.92. The molecular weight excluding hydrogens is 260 g/mol. The number of nitrogen functional groups attached to an aromatic ring is 1. The van der Waals surface area contributed by atoms with Gasteiger partial charge in [-0.1, -0.05) is 18.0 Å². The highest BCUT2D eigenvalue weighted by Crippen LogP contribution is 2.26. The molecule has 0 aromatic heterocycles. The van der Waals surface area contributed by atoms with Crippen molar-refractivity contribution < 1.29 is 8.42 Å². The Bertz CT molecular complexity index is 510. The van der Waals surface area contributed by atoms with Gasteiger partial charge in [-0.05, 0) is 31.0 Å². The van der Waals surface area contributed by atoms with Crippen molar-refractivity contribution in [3.05, 3.63) is 23.2 Å². The lowest BCUT2D eigenvalue weighted by Gasteiger charge is -2.25. The van der Waals surface area contributed by atoms with Crippen LogP contribution in [0.5, 0.6) is 0 Å². The highest BCUT2D eigenvalue weighted by Gasteiger charge is 2.26. The van der Waals surface area contributed by atoms with E-state index in [1.807, 2.05) is 0 Å². The SMILES string of the molecule is Nc1ccc(S(=O)(=O)N2CCCCC2)cc1Cl.